The highest BCUT2D eigenvalue weighted by Gasteiger charge is 2.21. The number of pyridine rings is 8. The molecule has 8 heterocycles. The monoisotopic (exact) mass is 991 g/mol. The Hall–Kier alpha value is -6.80. The molecule has 0 fully saturated rings. The van der Waals surface area contributed by atoms with E-state index < -0.39 is 0 Å². The van der Waals surface area contributed by atoms with Gasteiger partial charge in [0, 0.05) is 121 Å². The van der Waals surface area contributed by atoms with Crippen molar-refractivity contribution in [3.05, 3.63) is 171 Å². The van der Waals surface area contributed by atoms with Crippen molar-refractivity contribution >= 4 is 0 Å². The van der Waals surface area contributed by atoms with E-state index in [9.17, 15) is 0 Å². The van der Waals surface area contributed by atoms with Crippen molar-refractivity contribution in [2.24, 2.45) is 14.1 Å². The Balaban J connectivity index is 0.000000217. The molecule has 8 aromatic heterocycles. The molecule has 0 unspecified atom stereocenters. The average Bonchev–Trinajstić information content (AvgIpc) is 3.45. The Bertz CT molecular complexity index is 2660. The highest BCUT2D eigenvalue weighted by atomic mass is 15.0. The molecular weight excluding hydrogens is 905 g/mol. The number of aromatic nitrogens is 8. The predicted octanol–water partition coefficient (Wildman–Crippen LogP) is 13.3. The molecular formula is C66H86N8+6. The summed E-state index contributed by atoms with van der Waals surface area (Å²) in [6.07, 6.45) is 46.5. The zero-order valence-corrected chi connectivity index (χ0v) is 45.9. The van der Waals surface area contributed by atoms with Gasteiger partial charge in [0.25, 0.3) is 11.4 Å². The lowest BCUT2D eigenvalue weighted by atomic mass is 10.1. The standard InChI is InChI=1S/C34H46N4.C32H40N4/c1-5-7-9-11-21-37-23-17-29(18-24-37)31-13-15-33(35(3)27-31)34-16-14-32(28-36(34)4)30-19-25-38(26-20-30)22-12-10-8-6-2;1-3-5-7-9-19-35-21-15-27(16-22-35)29-11-13-31(33-25-29)32-14-12-30(26-34-32)28-17-23-36(24-18-28)20-10-8-6-4-2/h13-20,23-28H,5-12,21-22H2,1-4H3;11-18,21-26H,3-10,19-20H2,1-2H3/q+4;+2. The van der Waals surface area contributed by atoms with Crippen LogP contribution in [-0.4, -0.2) is 9.97 Å². The highest BCUT2D eigenvalue weighted by molar-refractivity contribution is 5.68. The molecule has 0 aliphatic heterocycles. The first-order chi connectivity index (χ1) is 36.3. The second-order valence-electron chi connectivity index (χ2n) is 20.2. The van der Waals surface area contributed by atoms with E-state index in [1.54, 1.807) is 0 Å². The van der Waals surface area contributed by atoms with Crippen LogP contribution in [0.3, 0.4) is 0 Å². The summed E-state index contributed by atoms with van der Waals surface area (Å²) < 4.78 is 13.6. The van der Waals surface area contributed by atoms with Crippen LogP contribution in [-0.2, 0) is 40.3 Å². The predicted molar refractivity (Wildman–Crippen MR) is 301 cm³/mol. The first kappa shape index (κ1) is 55.0. The minimum absolute atomic E-state index is 0.894. The van der Waals surface area contributed by atoms with E-state index in [0.29, 0.717) is 0 Å². The van der Waals surface area contributed by atoms with Gasteiger partial charge in [0.15, 0.2) is 62.0 Å². The maximum absolute atomic E-state index is 4.70. The fourth-order valence-electron chi connectivity index (χ4n) is 9.60. The second kappa shape index (κ2) is 29.8. The third-order valence-corrected chi connectivity index (χ3v) is 14.3. The topological polar surface area (TPSA) is 49.1 Å². The zero-order valence-electron chi connectivity index (χ0n) is 45.9. The average molecular weight is 991 g/mol. The van der Waals surface area contributed by atoms with Crippen LogP contribution in [0.25, 0.3) is 67.3 Å². The molecule has 0 saturated carbocycles. The van der Waals surface area contributed by atoms with Gasteiger partial charge in [0.1, 0.15) is 40.3 Å². The van der Waals surface area contributed by atoms with E-state index in [-0.39, 0.29) is 0 Å². The van der Waals surface area contributed by atoms with Crippen LogP contribution >= 0.6 is 0 Å². The molecule has 0 radical (unpaired) electrons. The van der Waals surface area contributed by atoms with Gasteiger partial charge >= 0.3 is 0 Å². The summed E-state index contributed by atoms with van der Waals surface area (Å²) in [4.78, 5) is 9.40. The molecule has 0 saturated heterocycles. The molecule has 0 amide bonds. The van der Waals surface area contributed by atoms with Crippen LogP contribution in [0.5, 0.6) is 0 Å². The van der Waals surface area contributed by atoms with Gasteiger partial charge in [0.05, 0.1) is 11.4 Å². The first-order valence-corrected chi connectivity index (χ1v) is 28.3. The quantitative estimate of drug-likeness (QED) is 0.0401. The number of nitrogens with zero attached hydrogens (tertiary/aromatic N) is 8. The van der Waals surface area contributed by atoms with E-state index in [0.717, 1.165) is 48.7 Å². The molecule has 384 valence electrons. The maximum Gasteiger partial charge on any atom is 0.277 e. The second-order valence-corrected chi connectivity index (χ2v) is 20.2. The molecule has 0 aromatic carbocycles. The first-order valence-electron chi connectivity index (χ1n) is 28.3. The fraction of sp³-hybridized carbons (Fsp3) is 0.394. The Morgan fingerprint density at radius 3 is 0.797 bits per heavy atom. The molecule has 0 atom stereocenters. The number of aryl methyl sites for hydroxylation is 6. The summed E-state index contributed by atoms with van der Waals surface area (Å²) >= 11 is 0. The summed E-state index contributed by atoms with van der Waals surface area (Å²) in [7, 11) is 4.28. The van der Waals surface area contributed by atoms with Gasteiger partial charge in [-0.3, -0.25) is 9.97 Å². The molecule has 8 aromatic rings. The van der Waals surface area contributed by atoms with E-state index >= 15 is 0 Å². The third kappa shape index (κ3) is 16.6. The summed E-state index contributed by atoms with van der Waals surface area (Å²) in [5.41, 5.74) is 13.8. The minimum atomic E-state index is 0.894. The Morgan fingerprint density at radius 1 is 0.284 bits per heavy atom. The number of hydrogen-bond acceptors (Lipinski definition) is 2. The van der Waals surface area contributed by atoms with Crippen molar-refractivity contribution in [2.75, 3.05) is 0 Å². The van der Waals surface area contributed by atoms with Gasteiger partial charge in [-0.15, -0.1) is 0 Å². The van der Waals surface area contributed by atoms with Gasteiger partial charge in [-0.1, -0.05) is 91.2 Å². The minimum Gasteiger partial charge on any atom is -0.254 e. The lowest BCUT2D eigenvalue weighted by Crippen LogP contribution is -2.38. The van der Waals surface area contributed by atoms with Crippen molar-refractivity contribution < 1.29 is 27.4 Å². The van der Waals surface area contributed by atoms with E-state index in [1.807, 2.05) is 12.4 Å². The lowest BCUT2D eigenvalue weighted by molar-refractivity contribution is -0.697. The maximum atomic E-state index is 4.70. The van der Waals surface area contributed by atoms with Gasteiger partial charge in [-0.2, -0.15) is 9.13 Å². The van der Waals surface area contributed by atoms with E-state index in [2.05, 4.69) is 228 Å². The molecule has 0 aliphatic carbocycles. The molecule has 0 bridgehead atoms. The van der Waals surface area contributed by atoms with Crippen LogP contribution in [0.4, 0.5) is 0 Å². The zero-order chi connectivity index (χ0) is 51.7. The number of unbranched alkanes of at least 4 members (excludes halogenated alkanes) is 12. The van der Waals surface area contributed by atoms with E-state index in [4.69, 9.17) is 9.97 Å². The van der Waals surface area contributed by atoms with Crippen molar-refractivity contribution in [1.29, 1.82) is 0 Å². The Labute approximate surface area is 444 Å². The van der Waals surface area contributed by atoms with Crippen LogP contribution in [0, 0.1) is 0 Å². The summed E-state index contributed by atoms with van der Waals surface area (Å²) in [5.74, 6) is 0. The van der Waals surface area contributed by atoms with Crippen molar-refractivity contribution in [1.82, 2.24) is 9.97 Å². The SMILES string of the molecule is CCCCCC[n+]1ccc(-c2ccc(-c3ccc(-c4cc[n+](CCCCCC)cc4)c[n+]3C)[n+](C)c2)cc1.CCCCCC[n+]1ccc(-c2ccc(-c3ccc(-c4cc[n+](CCCCCC)cc4)cn3)nc2)cc1. The van der Waals surface area contributed by atoms with Crippen LogP contribution in [0.1, 0.15) is 130 Å². The lowest BCUT2D eigenvalue weighted by Gasteiger charge is -2.05. The molecule has 0 N–H and O–H groups in total. The van der Waals surface area contributed by atoms with Crippen LogP contribution < -0.4 is 27.4 Å². The van der Waals surface area contributed by atoms with E-state index in [1.165, 1.54) is 148 Å². The van der Waals surface area contributed by atoms with Crippen LogP contribution in [0.15, 0.2) is 171 Å². The third-order valence-electron chi connectivity index (χ3n) is 14.3. The van der Waals surface area contributed by atoms with Crippen molar-refractivity contribution in [3.8, 4) is 67.3 Å². The number of hydrogen-bond donors (Lipinski definition) is 0. The highest BCUT2D eigenvalue weighted by Crippen LogP contribution is 2.25. The normalized spacial score (nSPS) is 11.1. The molecule has 0 spiro atoms. The fourth-order valence-corrected chi connectivity index (χ4v) is 9.60. The molecule has 8 nitrogen and oxygen atoms in total. The summed E-state index contributed by atoms with van der Waals surface area (Å²) in [5, 5.41) is 0. The van der Waals surface area contributed by atoms with Gasteiger partial charge < -0.3 is 0 Å². The van der Waals surface area contributed by atoms with Gasteiger partial charge in [0.2, 0.25) is 0 Å². The molecule has 8 rings (SSSR count). The summed E-state index contributed by atoms with van der Waals surface area (Å²) in [6, 6.07) is 35.0. The van der Waals surface area contributed by atoms with Crippen LogP contribution in [0.2, 0.25) is 0 Å². The van der Waals surface area contributed by atoms with Gasteiger partial charge in [-0.05, 0) is 72.2 Å². The molecule has 74 heavy (non-hydrogen) atoms. The van der Waals surface area contributed by atoms with Gasteiger partial charge in [-0.25, -0.2) is 18.3 Å². The smallest absolute Gasteiger partial charge is 0.254 e. The molecule has 8 heteroatoms. The molecule has 0 aliphatic rings. The Morgan fingerprint density at radius 2 is 0.554 bits per heavy atom. The summed E-state index contributed by atoms with van der Waals surface area (Å²) in [6.45, 7) is 13.4. The largest absolute Gasteiger partial charge is 0.277 e. The van der Waals surface area contributed by atoms with Crippen molar-refractivity contribution in [3.63, 3.8) is 0 Å². The Kier molecular flexibility index (Phi) is 22.1. The number of rotatable bonds is 26. The van der Waals surface area contributed by atoms with Crippen molar-refractivity contribution in [2.45, 2.75) is 157 Å².